The Kier molecular flexibility index (Phi) is 8.45. The van der Waals surface area contributed by atoms with Gasteiger partial charge in [0.15, 0.2) is 0 Å². The van der Waals surface area contributed by atoms with Crippen LogP contribution in [0.5, 0.6) is 0 Å². The van der Waals surface area contributed by atoms with E-state index in [9.17, 15) is 23.7 Å². The highest BCUT2D eigenvalue weighted by atomic mass is 19.4. The van der Waals surface area contributed by atoms with Gasteiger partial charge in [0, 0.05) is 27.1 Å². The first-order valence-electron chi connectivity index (χ1n) is 19.5. The summed E-state index contributed by atoms with van der Waals surface area (Å²) in [6.45, 7) is 4.18. The van der Waals surface area contributed by atoms with Crippen LogP contribution in [0, 0.1) is 36.5 Å². The number of fused-ring (bicyclic) bond motifs is 6. The summed E-state index contributed by atoms with van der Waals surface area (Å²) in [4.78, 5) is 0. The number of halogens is 3. The van der Waals surface area contributed by atoms with Crippen LogP contribution >= 0.6 is 0 Å². The van der Waals surface area contributed by atoms with Crippen LogP contribution in [-0.2, 0) is 6.18 Å². The van der Waals surface area contributed by atoms with Gasteiger partial charge in [-0.3, -0.25) is 0 Å². The third-order valence-electron chi connectivity index (χ3n) is 11.7. The van der Waals surface area contributed by atoms with E-state index in [0.717, 1.165) is 83.1 Å². The molecule has 2 heterocycles. The van der Waals surface area contributed by atoms with Crippen molar-refractivity contribution in [2.75, 3.05) is 0 Å². The average molecular weight is 783 g/mol. The molecule has 4 nitrogen and oxygen atoms in total. The zero-order valence-electron chi connectivity index (χ0n) is 32.5. The molecule has 10 aromatic rings. The first-order valence-corrected chi connectivity index (χ1v) is 19.5. The van der Waals surface area contributed by atoms with Gasteiger partial charge in [-0.1, -0.05) is 103 Å². The fourth-order valence-corrected chi connectivity index (χ4v) is 8.93. The van der Waals surface area contributed by atoms with E-state index in [1.165, 1.54) is 12.1 Å². The van der Waals surface area contributed by atoms with E-state index in [4.69, 9.17) is 0 Å². The first-order chi connectivity index (χ1) is 29.1. The normalized spacial score (nSPS) is 11.7. The fraction of sp³-hybridized carbons (Fsp3) is 0.0566. The first kappa shape index (κ1) is 36.5. The number of benzene rings is 8. The van der Waals surface area contributed by atoms with Crippen molar-refractivity contribution in [1.82, 2.24) is 9.13 Å². The van der Waals surface area contributed by atoms with E-state index < -0.39 is 11.7 Å². The number of nitriles is 2. The number of hydrogen-bond donors (Lipinski definition) is 0. The van der Waals surface area contributed by atoms with Gasteiger partial charge >= 0.3 is 6.18 Å². The molecular formula is C53H33F3N4. The number of para-hydroxylation sites is 2. The summed E-state index contributed by atoms with van der Waals surface area (Å²) in [7, 11) is 0. The summed E-state index contributed by atoms with van der Waals surface area (Å²) in [5.74, 6) is 0. The third-order valence-corrected chi connectivity index (χ3v) is 11.7. The Morgan fingerprint density at radius 1 is 0.433 bits per heavy atom. The van der Waals surface area contributed by atoms with E-state index in [0.29, 0.717) is 11.4 Å². The summed E-state index contributed by atoms with van der Waals surface area (Å²) in [5, 5.41) is 24.4. The van der Waals surface area contributed by atoms with Gasteiger partial charge in [-0.05, 0) is 113 Å². The van der Waals surface area contributed by atoms with Crippen molar-refractivity contribution in [2.45, 2.75) is 20.0 Å². The highest BCUT2D eigenvalue weighted by molar-refractivity contribution is 6.13. The van der Waals surface area contributed by atoms with Gasteiger partial charge in [0.1, 0.15) is 0 Å². The van der Waals surface area contributed by atoms with Crippen LogP contribution < -0.4 is 0 Å². The van der Waals surface area contributed by atoms with Crippen molar-refractivity contribution < 1.29 is 13.2 Å². The summed E-state index contributed by atoms with van der Waals surface area (Å²) in [6, 6.07) is 56.4. The minimum atomic E-state index is -4.80. The largest absolute Gasteiger partial charge is 0.417 e. The van der Waals surface area contributed by atoms with Crippen LogP contribution in [-0.4, -0.2) is 9.13 Å². The summed E-state index contributed by atoms with van der Waals surface area (Å²) < 4.78 is 49.0. The van der Waals surface area contributed by atoms with Crippen molar-refractivity contribution in [1.29, 1.82) is 10.5 Å². The molecule has 10 rings (SSSR count). The highest BCUT2D eigenvalue weighted by Crippen LogP contribution is 2.45. The van der Waals surface area contributed by atoms with Gasteiger partial charge in [0.25, 0.3) is 0 Å². The van der Waals surface area contributed by atoms with Crippen LogP contribution in [0.25, 0.3) is 88.4 Å². The predicted octanol–water partition coefficient (Wildman–Crippen LogP) is 14.3. The Hall–Kier alpha value is -7.87. The molecule has 286 valence electrons. The zero-order chi connectivity index (χ0) is 41.3. The third kappa shape index (κ3) is 5.74. The molecule has 0 bridgehead atoms. The topological polar surface area (TPSA) is 57.4 Å². The van der Waals surface area contributed by atoms with Crippen molar-refractivity contribution in [3.8, 4) is 56.9 Å². The van der Waals surface area contributed by atoms with E-state index in [-0.39, 0.29) is 22.3 Å². The number of aromatic nitrogens is 2. The summed E-state index contributed by atoms with van der Waals surface area (Å²) in [6.07, 6.45) is -4.80. The summed E-state index contributed by atoms with van der Waals surface area (Å²) in [5.41, 5.74) is 10.2. The van der Waals surface area contributed by atoms with Crippen molar-refractivity contribution >= 4 is 43.6 Å². The number of hydrogen-bond acceptors (Lipinski definition) is 2. The van der Waals surface area contributed by atoms with Gasteiger partial charge in [0.2, 0.25) is 0 Å². The molecule has 0 aliphatic rings. The lowest BCUT2D eigenvalue weighted by molar-refractivity contribution is -0.137. The van der Waals surface area contributed by atoms with Crippen LogP contribution in [0.1, 0.15) is 27.8 Å². The molecule has 0 radical (unpaired) electrons. The number of aryl methyl sites for hydroxylation is 2. The Bertz CT molecular complexity index is 3480. The highest BCUT2D eigenvalue weighted by Gasteiger charge is 2.35. The average Bonchev–Trinajstić information content (AvgIpc) is 3.78. The monoisotopic (exact) mass is 782 g/mol. The van der Waals surface area contributed by atoms with Crippen LogP contribution in [0.3, 0.4) is 0 Å². The molecule has 0 saturated carbocycles. The Morgan fingerprint density at radius 2 is 0.917 bits per heavy atom. The van der Waals surface area contributed by atoms with Gasteiger partial charge in [-0.25, -0.2) is 0 Å². The Labute approximate surface area is 343 Å². The molecule has 0 aliphatic heterocycles. The van der Waals surface area contributed by atoms with E-state index in [2.05, 4.69) is 102 Å². The zero-order valence-corrected chi connectivity index (χ0v) is 32.5. The second-order valence-electron chi connectivity index (χ2n) is 15.2. The maximum Gasteiger partial charge on any atom is 0.417 e. The standard InChI is InChI=1S/C53H33F3N4/c1-32-11-3-5-13-38(32)35-20-23-49-44(26-35)41-15-7-9-17-47(41)59(49)51-28-37(31-58)43(40-22-19-34(30-57)25-46(40)53(54,55)56)29-52(51)60-48-18-10-8-16-42(48)45-27-36(21-24-50(45)60)39-14-6-4-12-33(39)2/h3-29H,1-2H3. The molecule has 0 atom stereocenters. The van der Waals surface area contributed by atoms with E-state index in [1.807, 2.05) is 66.7 Å². The lowest BCUT2D eigenvalue weighted by Crippen LogP contribution is -2.10. The van der Waals surface area contributed by atoms with E-state index >= 15 is 0 Å². The Balaban J connectivity index is 1.34. The molecule has 0 amide bonds. The van der Waals surface area contributed by atoms with Gasteiger partial charge in [-0.15, -0.1) is 0 Å². The quantitative estimate of drug-likeness (QED) is 0.175. The molecule has 2 aromatic heterocycles. The fourth-order valence-electron chi connectivity index (χ4n) is 8.93. The van der Waals surface area contributed by atoms with Crippen LogP contribution in [0.2, 0.25) is 0 Å². The molecule has 0 fully saturated rings. The number of alkyl halides is 3. The molecule has 0 aliphatic carbocycles. The molecule has 7 heteroatoms. The van der Waals surface area contributed by atoms with Gasteiger partial charge in [-0.2, -0.15) is 23.7 Å². The van der Waals surface area contributed by atoms with Crippen molar-refractivity contribution in [3.05, 3.63) is 192 Å². The van der Waals surface area contributed by atoms with Gasteiger partial charge in [0.05, 0.1) is 62.3 Å². The molecule has 0 N–H and O–H groups in total. The maximum atomic E-state index is 14.9. The van der Waals surface area contributed by atoms with Crippen LogP contribution in [0.4, 0.5) is 13.2 Å². The number of rotatable bonds is 5. The van der Waals surface area contributed by atoms with Crippen molar-refractivity contribution in [3.63, 3.8) is 0 Å². The minimum absolute atomic E-state index is 0.0639. The minimum Gasteiger partial charge on any atom is -0.307 e. The second-order valence-corrected chi connectivity index (χ2v) is 15.2. The van der Waals surface area contributed by atoms with E-state index in [1.54, 1.807) is 12.1 Å². The Morgan fingerprint density at radius 3 is 1.42 bits per heavy atom. The molecule has 0 spiro atoms. The lowest BCUT2D eigenvalue weighted by Gasteiger charge is -2.21. The summed E-state index contributed by atoms with van der Waals surface area (Å²) >= 11 is 0. The van der Waals surface area contributed by atoms with Crippen molar-refractivity contribution in [2.24, 2.45) is 0 Å². The second kappa shape index (κ2) is 13.9. The predicted molar refractivity (Wildman–Crippen MR) is 235 cm³/mol. The van der Waals surface area contributed by atoms with Crippen LogP contribution in [0.15, 0.2) is 164 Å². The molecule has 0 unspecified atom stereocenters. The maximum absolute atomic E-state index is 14.9. The number of nitrogens with zero attached hydrogens (tertiary/aromatic N) is 4. The SMILES string of the molecule is Cc1ccccc1-c1ccc2c(c1)c1ccccc1n2-c1cc(C#N)c(-c2ccc(C#N)cc2C(F)(F)F)cc1-n1c2ccccc2c2cc(-c3ccccc3C)ccc21. The molecule has 8 aromatic carbocycles. The smallest absolute Gasteiger partial charge is 0.307 e. The molecule has 60 heavy (non-hydrogen) atoms. The lowest BCUT2D eigenvalue weighted by atomic mass is 9.92. The molecule has 0 saturated heterocycles. The molecular weight excluding hydrogens is 750 g/mol. The van der Waals surface area contributed by atoms with Gasteiger partial charge < -0.3 is 9.13 Å².